The van der Waals surface area contributed by atoms with E-state index in [1.54, 1.807) is 24.0 Å². The number of aromatic nitrogens is 1. The number of piperidine rings is 1. The molecule has 0 saturated carbocycles. The number of nitro groups is 1. The van der Waals surface area contributed by atoms with Gasteiger partial charge in [0, 0.05) is 29.9 Å². The first-order valence-corrected chi connectivity index (χ1v) is 11.5. The Balaban J connectivity index is 1.34. The highest BCUT2D eigenvalue weighted by Gasteiger charge is 2.31. The monoisotopic (exact) mass is 512 g/mol. The van der Waals surface area contributed by atoms with Crippen molar-refractivity contribution in [2.75, 3.05) is 18.4 Å². The Bertz CT molecular complexity index is 1330. The molecule has 2 heterocycles. The molecule has 11 heteroatoms. The number of likely N-dealkylation sites (tertiary alicyclic amines) is 1. The summed E-state index contributed by atoms with van der Waals surface area (Å²) in [6.07, 6.45) is -2.03. The SMILES string of the molecule is Cc1cc(C(=O)N2CCC(c3ccc(NC(=O)c4cccc(C(F)(F)F)c4)cc3)CC2)ncc1[N+](=O)[O-]. The molecular formula is C26H23F3N4O4. The molecule has 0 radical (unpaired) electrons. The fraction of sp³-hybridized carbons (Fsp3) is 0.269. The van der Waals surface area contributed by atoms with Crippen molar-refractivity contribution in [2.45, 2.75) is 31.9 Å². The topological polar surface area (TPSA) is 105 Å². The fourth-order valence-corrected chi connectivity index (χ4v) is 4.31. The Hall–Kier alpha value is -4.28. The Morgan fingerprint density at radius 3 is 2.35 bits per heavy atom. The lowest BCUT2D eigenvalue weighted by atomic mass is 9.89. The van der Waals surface area contributed by atoms with Crippen molar-refractivity contribution in [3.8, 4) is 0 Å². The Morgan fingerprint density at radius 1 is 1.08 bits per heavy atom. The van der Waals surface area contributed by atoms with Gasteiger partial charge in [-0.2, -0.15) is 13.2 Å². The summed E-state index contributed by atoms with van der Waals surface area (Å²) in [6.45, 7) is 2.55. The molecule has 1 saturated heterocycles. The van der Waals surface area contributed by atoms with Crippen LogP contribution >= 0.6 is 0 Å². The number of aryl methyl sites for hydroxylation is 1. The molecule has 1 aliphatic heterocycles. The van der Waals surface area contributed by atoms with Gasteiger partial charge in [0.2, 0.25) is 0 Å². The van der Waals surface area contributed by atoms with Gasteiger partial charge in [-0.05, 0) is 67.6 Å². The van der Waals surface area contributed by atoms with E-state index in [9.17, 15) is 32.9 Å². The minimum absolute atomic E-state index is 0.0892. The number of hydrogen-bond acceptors (Lipinski definition) is 5. The van der Waals surface area contributed by atoms with Crippen molar-refractivity contribution in [1.82, 2.24) is 9.88 Å². The number of hydrogen-bond donors (Lipinski definition) is 1. The number of nitrogens with zero attached hydrogens (tertiary/aromatic N) is 3. The van der Waals surface area contributed by atoms with E-state index in [0.717, 1.165) is 23.9 Å². The summed E-state index contributed by atoms with van der Waals surface area (Å²) in [5.41, 5.74) is 0.908. The van der Waals surface area contributed by atoms with Gasteiger partial charge in [0.25, 0.3) is 17.5 Å². The zero-order chi connectivity index (χ0) is 26.7. The highest BCUT2D eigenvalue weighted by atomic mass is 19.4. The van der Waals surface area contributed by atoms with Gasteiger partial charge in [-0.25, -0.2) is 4.98 Å². The van der Waals surface area contributed by atoms with Gasteiger partial charge in [0.05, 0.1) is 10.5 Å². The van der Waals surface area contributed by atoms with Crippen LogP contribution in [0.1, 0.15) is 56.3 Å². The van der Waals surface area contributed by atoms with Gasteiger partial charge in [-0.3, -0.25) is 19.7 Å². The molecule has 4 rings (SSSR count). The van der Waals surface area contributed by atoms with Crippen molar-refractivity contribution in [3.63, 3.8) is 0 Å². The first-order chi connectivity index (χ1) is 17.5. The van der Waals surface area contributed by atoms with Gasteiger partial charge < -0.3 is 10.2 Å². The van der Waals surface area contributed by atoms with E-state index in [2.05, 4.69) is 10.3 Å². The van der Waals surface area contributed by atoms with E-state index >= 15 is 0 Å². The van der Waals surface area contributed by atoms with Crippen LogP contribution < -0.4 is 5.32 Å². The van der Waals surface area contributed by atoms with Crippen LogP contribution in [0, 0.1) is 17.0 Å². The van der Waals surface area contributed by atoms with Gasteiger partial charge in [0.1, 0.15) is 11.9 Å². The molecule has 3 aromatic rings. The van der Waals surface area contributed by atoms with E-state index < -0.39 is 22.6 Å². The number of rotatable bonds is 5. The molecule has 0 atom stereocenters. The van der Waals surface area contributed by atoms with Gasteiger partial charge in [-0.15, -0.1) is 0 Å². The van der Waals surface area contributed by atoms with Crippen LogP contribution in [0.5, 0.6) is 0 Å². The van der Waals surface area contributed by atoms with Gasteiger partial charge in [-0.1, -0.05) is 18.2 Å². The lowest BCUT2D eigenvalue weighted by Crippen LogP contribution is -2.38. The highest BCUT2D eigenvalue weighted by molar-refractivity contribution is 6.04. The van der Waals surface area contributed by atoms with Crippen LogP contribution in [0.15, 0.2) is 60.8 Å². The molecule has 1 aliphatic rings. The number of pyridine rings is 1. The molecule has 2 amide bonds. The minimum atomic E-state index is -4.53. The molecule has 192 valence electrons. The van der Waals surface area contributed by atoms with Crippen molar-refractivity contribution < 1.29 is 27.7 Å². The summed E-state index contributed by atoms with van der Waals surface area (Å²) >= 11 is 0. The maximum Gasteiger partial charge on any atom is 0.416 e. The number of alkyl halides is 3. The summed E-state index contributed by atoms with van der Waals surface area (Å²) < 4.78 is 38.7. The van der Waals surface area contributed by atoms with Crippen LogP contribution in [0.4, 0.5) is 24.5 Å². The number of carbonyl (C=O) groups excluding carboxylic acids is 2. The van der Waals surface area contributed by atoms with Gasteiger partial charge >= 0.3 is 6.18 Å². The maximum absolute atomic E-state index is 12.9. The zero-order valence-corrected chi connectivity index (χ0v) is 19.8. The molecule has 1 aromatic heterocycles. The second-order valence-corrected chi connectivity index (χ2v) is 8.83. The van der Waals surface area contributed by atoms with E-state index in [1.165, 1.54) is 18.2 Å². The van der Waals surface area contributed by atoms with Crippen LogP contribution in [-0.4, -0.2) is 39.7 Å². The number of amides is 2. The molecule has 37 heavy (non-hydrogen) atoms. The van der Waals surface area contributed by atoms with Crippen molar-refractivity contribution >= 4 is 23.2 Å². The number of halogens is 3. The fourth-order valence-electron chi connectivity index (χ4n) is 4.31. The summed E-state index contributed by atoms with van der Waals surface area (Å²) in [5.74, 6) is -0.728. The van der Waals surface area contributed by atoms with Crippen LogP contribution in [-0.2, 0) is 6.18 Å². The Morgan fingerprint density at radius 2 is 1.76 bits per heavy atom. The second-order valence-electron chi connectivity index (χ2n) is 8.83. The third kappa shape index (κ3) is 5.93. The molecule has 1 fully saturated rings. The molecule has 0 aliphatic carbocycles. The number of benzene rings is 2. The molecule has 0 spiro atoms. The first-order valence-electron chi connectivity index (χ1n) is 11.5. The smallest absolute Gasteiger partial charge is 0.337 e. The third-order valence-electron chi connectivity index (χ3n) is 6.37. The predicted octanol–water partition coefficient (Wildman–Crippen LogP) is 5.59. The van der Waals surface area contributed by atoms with Crippen LogP contribution in [0.3, 0.4) is 0 Å². The molecule has 0 bridgehead atoms. The largest absolute Gasteiger partial charge is 0.416 e. The lowest BCUT2D eigenvalue weighted by molar-refractivity contribution is -0.385. The molecule has 0 unspecified atom stereocenters. The Labute approximate surface area is 210 Å². The maximum atomic E-state index is 12.9. The first kappa shape index (κ1) is 25.8. The highest BCUT2D eigenvalue weighted by Crippen LogP contribution is 2.31. The molecule has 2 aromatic carbocycles. The summed E-state index contributed by atoms with van der Waals surface area (Å²) in [4.78, 5) is 41.3. The average molecular weight is 512 g/mol. The standard InChI is InChI=1S/C26H23F3N4O4/c1-16-13-22(30-15-23(16)33(36)37)25(35)32-11-9-18(10-12-32)17-5-7-21(8-6-17)31-24(34)19-3-2-4-20(14-19)26(27,28)29/h2-8,13-15,18H,9-12H2,1H3,(H,31,34). The van der Waals surface area contributed by atoms with Crippen molar-refractivity contribution in [3.05, 3.63) is 98.9 Å². The minimum Gasteiger partial charge on any atom is -0.337 e. The van der Waals surface area contributed by atoms with Gasteiger partial charge in [0.15, 0.2) is 0 Å². The second kappa shape index (κ2) is 10.4. The summed E-state index contributed by atoms with van der Waals surface area (Å²) in [6, 6.07) is 12.8. The normalized spacial score (nSPS) is 14.3. The van der Waals surface area contributed by atoms with Crippen LogP contribution in [0.2, 0.25) is 0 Å². The molecule has 8 nitrogen and oxygen atoms in total. The molecule has 1 N–H and O–H groups in total. The van der Waals surface area contributed by atoms with E-state index in [4.69, 9.17) is 0 Å². The quantitative estimate of drug-likeness (QED) is 0.354. The number of anilines is 1. The zero-order valence-electron chi connectivity index (χ0n) is 19.8. The van der Waals surface area contributed by atoms with E-state index in [1.807, 2.05) is 12.1 Å². The third-order valence-corrected chi connectivity index (χ3v) is 6.37. The summed E-state index contributed by atoms with van der Waals surface area (Å²) in [5, 5.41) is 13.6. The van der Waals surface area contributed by atoms with Crippen molar-refractivity contribution in [2.24, 2.45) is 0 Å². The number of carbonyl (C=O) groups is 2. The van der Waals surface area contributed by atoms with Crippen molar-refractivity contribution in [1.29, 1.82) is 0 Å². The molecular weight excluding hydrogens is 489 g/mol. The Kier molecular flexibility index (Phi) is 7.23. The predicted molar refractivity (Wildman–Crippen MR) is 129 cm³/mol. The van der Waals surface area contributed by atoms with E-state index in [0.29, 0.717) is 37.2 Å². The lowest BCUT2D eigenvalue weighted by Gasteiger charge is -2.32. The summed E-state index contributed by atoms with van der Waals surface area (Å²) in [7, 11) is 0. The average Bonchev–Trinajstić information content (AvgIpc) is 2.88. The number of nitrogens with one attached hydrogen (secondary N) is 1. The van der Waals surface area contributed by atoms with E-state index in [-0.39, 0.29) is 28.8 Å². The van der Waals surface area contributed by atoms with Crippen LogP contribution in [0.25, 0.3) is 0 Å².